The first-order valence-corrected chi connectivity index (χ1v) is 7.17. The molecule has 2 nitrogen and oxygen atoms in total. The quantitative estimate of drug-likeness (QED) is 0.725. The van der Waals surface area contributed by atoms with Gasteiger partial charge in [-0.25, -0.2) is 4.39 Å². The molecular formula is C16H27FN2. The van der Waals surface area contributed by atoms with E-state index >= 15 is 0 Å². The number of hydrogen-bond donors (Lipinski definition) is 1. The van der Waals surface area contributed by atoms with Crippen molar-refractivity contribution >= 4 is 0 Å². The van der Waals surface area contributed by atoms with Crippen LogP contribution in [0.15, 0.2) is 24.3 Å². The Balaban J connectivity index is 2.32. The fourth-order valence-corrected chi connectivity index (χ4v) is 2.06. The molecule has 1 aromatic carbocycles. The van der Waals surface area contributed by atoms with Gasteiger partial charge >= 0.3 is 0 Å². The normalized spacial score (nSPS) is 13.2. The molecular weight excluding hydrogens is 239 g/mol. The Kier molecular flexibility index (Phi) is 7.03. The Labute approximate surface area is 117 Å². The van der Waals surface area contributed by atoms with Gasteiger partial charge in [0.2, 0.25) is 0 Å². The summed E-state index contributed by atoms with van der Waals surface area (Å²) in [5.74, 6) is -0.108. The second-order valence-electron chi connectivity index (χ2n) is 5.61. The number of nitrogens with zero attached hydrogens (tertiary/aromatic N) is 1. The van der Waals surface area contributed by atoms with Crippen LogP contribution in [0.5, 0.6) is 0 Å². The van der Waals surface area contributed by atoms with Crippen LogP contribution in [0.4, 0.5) is 4.39 Å². The molecule has 0 saturated heterocycles. The first-order valence-electron chi connectivity index (χ1n) is 7.17. The average molecular weight is 266 g/mol. The number of rotatable bonds is 8. The van der Waals surface area contributed by atoms with Gasteiger partial charge in [-0.2, -0.15) is 0 Å². The SMILES string of the molecule is CC(C)NCCCC(C)N(C)Cc1ccccc1F. The highest BCUT2D eigenvalue weighted by molar-refractivity contribution is 5.17. The molecule has 0 aliphatic rings. The van der Waals surface area contributed by atoms with Gasteiger partial charge in [0.25, 0.3) is 0 Å². The van der Waals surface area contributed by atoms with Gasteiger partial charge in [0.1, 0.15) is 5.82 Å². The van der Waals surface area contributed by atoms with Crippen LogP contribution in [0.1, 0.15) is 39.2 Å². The van der Waals surface area contributed by atoms with Gasteiger partial charge in [-0.05, 0) is 39.4 Å². The third kappa shape index (κ3) is 6.17. The Bertz CT molecular complexity index is 366. The van der Waals surface area contributed by atoms with E-state index in [1.165, 1.54) is 6.07 Å². The van der Waals surface area contributed by atoms with E-state index < -0.39 is 0 Å². The van der Waals surface area contributed by atoms with Crippen LogP contribution >= 0.6 is 0 Å². The van der Waals surface area contributed by atoms with E-state index in [4.69, 9.17) is 0 Å². The van der Waals surface area contributed by atoms with Gasteiger partial charge in [0.15, 0.2) is 0 Å². The first kappa shape index (κ1) is 16.1. The lowest BCUT2D eigenvalue weighted by Crippen LogP contribution is -2.30. The summed E-state index contributed by atoms with van der Waals surface area (Å²) < 4.78 is 13.6. The van der Waals surface area contributed by atoms with Crippen molar-refractivity contribution in [2.75, 3.05) is 13.6 Å². The largest absolute Gasteiger partial charge is 0.315 e. The lowest BCUT2D eigenvalue weighted by molar-refractivity contribution is 0.231. The predicted octanol–water partition coefficient (Wildman–Crippen LogP) is 3.42. The van der Waals surface area contributed by atoms with E-state index in [0.29, 0.717) is 18.6 Å². The number of hydrogen-bond acceptors (Lipinski definition) is 2. The number of nitrogens with one attached hydrogen (secondary N) is 1. The van der Waals surface area contributed by atoms with E-state index in [0.717, 1.165) is 24.9 Å². The van der Waals surface area contributed by atoms with Gasteiger partial charge in [0, 0.05) is 24.2 Å². The molecule has 108 valence electrons. The van der Waals surface area contributed by atoms with Crippen molar-refractivity contribution in [3.63, 3.8) is 0 Å². The molecule has 0 spiro atoms. The highest BCUT2D eigenvalue weighted by Crippen LogP contribution is 2.12. The fraction of sp³-hybridized carbons (Fsp3) is 0.625. The van der Waals surface area contributed by atoms with Crippen molar-refractivity contribution < 1.29 is 4.39 Å². The molecule has 0 aromatic heterocycles. The zero-order chi connectivity index (χ0) is 14.3. The van der Waals surface area contributed by atoms with E-state index in [-0.39, 0.29) is 5.82 Å². The monoisotopic (exact) mass is 266 g/mol. The fourth-order valence-electron chi connectivity index (χ4n) is 2.06. The molecule has 0 saturated carbocycles. The van der Waals surface area contributed by atoms with Gasteiger partial charge in [0.05, 0.1) is 0 Å². The standard InChI is InChI=1S/C16H27FN2/c1-13(2)18-11-7-8-14(3)19(4)12-15-9-5-6-10-16(15)17/h5-6,9-10,13-14,18H,7-8,11-12H2,1-4H3. The number of benzene rings is 1. The van der Waals surface area contributed by atoms with Crippen LogP contribution in [-0.2, 0) is 6.54 Å². The summed E-state index contributed by atoms with van der Waals surface area (Å²) in [7, 11) is 2.06. The molecule has 0 aliphatic heterocycles. The van der Waals surface area contributed by atoms with Gasteiger partial charge in [-0.15, -0.1) is 0 Å². The van der Waals surface area contributed by atoms with E-state index in [9.17, 15) is 4.39 Å². The maximum Gasteiger partial charge on any atom is 0.127 e. The lowest BCUT2D eigenvalue weighted by Gasteiger charge is -2.25. The molecule has 1 atom stereocenters. The molecule has 0 bridgehead atoms. The van der Waals surface area contributed by atoms with Crippen molar-refractivity contribution in [2.24, 2.45) is 0 Å². The highest BCUT2D eigenvalue weighted by atomic mass is 19.1. The third-order valence-electron chi connectivity index (χ3n) is 3.48. The molecule has 0 radical (unpaired) electrons. The Morgan fingerprint density at radius 1 is 1.21 bits per heavy atom. The molecule has 0 heterocycles. The summed E-state index contributed by atoms with van der Waals surface area (Å²) >= 11 is 0. The summed E-state index contributed by atoms with van der Waals surface area (Å²) in [5.41, 5.74) is 0.775. The van der Waals surface area contributed by atoms with Gasteiger partial charge in [-0.3, -0.25) is 4.90 Å². The maximum absolute atomic E-state index is 13.6. The van der Waals surface area contributed by atoms with Crippen LogP contribution in [0.25, 0.3) is 0 Å². The minimum atomic E-state index is -0.108. The number of halogens is 1. The smallest absolute Gasteiger partial charge is 0.127 e. The van der Waals surface area contributed by atoms with Crippen molar-refractivity contribution in [1.29, 1.82) is 0 Å². The topological polar surface area (TPSA) is 15.3 Å². The molecule has 3 heteroatoms. The van der Waals surface area contributed by atoms with Crippen molar-refractivity contribution in [3.05, 3.63) is 35.6 Å². The average Bonchev–Trinajstić information content (AvgIpc) is 2.36. The molecule has 0 fully saturated rings. The first-order chi connectivity index (χ1) is 9.00. The molecule has 1 rings (SSSR count). The van der Waals surface area contributed by atoms with E-state index in [1.807, 2.05) is 12.1 Å². The van der Waals surface area contributed by atoms with Crippen LogP contribution in [-0.4, -0.2) is 30.6 Å². The van der Waals surface area contributed by atoms with Gasteiger partial charge in [-0.1, -0.05) is 32.0 Å². The second kappa shape index (κ2) is 8.28. The molecule has 0 aliphatic carbocycles. The summed E-state index contributed by atoms with van der Waals surface area (Å²) in [6.07, 6.45) is 2.28. The Morgan fingerprint density at radius 2 is 1.89 bits per heavy atom. The summed E-state index contributed by atoms with van der Waals surface area (Å²) in [4.78, 5) is 2.22. The summed E-state index contributed by atoms with van der Waals surface area (Å²) in [6.45, 7) is 8.25. The molecule has 1 N–H and O–H groups in total. The van der Waals surface area contributed by atoms with Crippen LogP contribution in [0.2, 0.25) is 0 Å². The highest BCUT2D eigenvalue weighted by Gasteiger charge is 2.11. The zero-order valence-corrected chi connectivity index (χ0v) is 12.6. The third-order valence-corrected chi connectivity index (χ3v) is 3.48. The summed E-state index contributed by atoms with van der Waals surface area (Å²) in [6, 6.07) is 8.03. The molecule has 0 amide bonds. The minimum absolute atomic E-state index is 0.108. The molecule has 1 unspecified atom stereocenters. The lowest BCUT2D eigenvalue weighted by atomic mass is 10.1. The van der Waals surface area contributed by atoms with Crippen molar-refractivity contribution in [2.45, 2.75) is 52.2 Å². The van der Waals surface area contributed by atoms with E-state index in [2.05, 4.69) is 38.0 Å². The molecule has 1 aromatic rings. The summed E-state index contributed by atoms with van der Waals surface area (Å²) in [5, 5.41) is 3.42. The Morgan fingerprint density at radius 3 is 2.53 bits per heavy atom. The molecule has 19 heavy (non-hydrogen) atoms. The van der Waals surface area contributed by atoms with Crippen molar-refractivity contribution in [3.8, 4) is 0 Å². The predicted molar refractivity (Wildman–Crippen MR) is 79.7 cm³/mol. The van der Waals surface area contributed by atoms with Crippen molar-refractivity contribution in [1.82, 2.24) is 10.2 Å². The Hall–Kier alpha value is -0.930. The van der Waals surface area contributed by atoms with Gasteiger partial charge < -0.3 is 5.32 Å². The van der Waals surface area contributed by atoms with E-state index in [1.54, 1.807) is 6.07 Å². The minimum Gasteiger partial charge on any atom is -0.315 e. The maximum atomic E-state index is 13.6. The van der Waals surface area contributed by atoms with Crippen LogP contribution < -0.4 is 5.32 Å². The second-order valence-corrected chi connectivity index (χ2v) is 5.61. The zero-order valence-electron chi connectivity index (χ0n) is 12.6. The van der Waals surface area contributed by atoms with Crippen LogP contribution in [0, 0.1) is 5.82 Å². The van der Waals surface area contributed by atoms with Crippen LogP contribution in [0.3, 0.4) is 0 Å².